The summed E-state index contributed by atoms with van der Waals surface area (Å²) >= 11 is 11.2. The van der Waals surface area contributed by atoms with Crippen LogP contribution < -0.4 is 10.6 Å². The van der Waals surface area contributed by atoms with Crippen LogP contribution >= 0.6 is 68.0 Å². The molecule has 0 bridgehead atoms. The first-order valence-electron chi connectivity index (χ1n) is 13.7. The van der Waals surface area contributed by atoms with E-state index in [1.165, 1.54) is 75.8 Å². The van der Waals surface area contributed by atoms with E-state index in [1.54, 1.807) is 0 Å². The number of hydrogen-bond acceptors (Lipinski definition) is 8. The van der Waals surface area contributed by atoms with Gasteiger partial charge in [0.25, 0.3) is 0 Å². The Kier molecular flexibility index (Phi) is 8.47. The predicted molar refractivity (Wildman–Crippen MR) is 182 cm³/mol. The first kappa shape index (κ1) is 27.0. The van der Waals surface area contributed by atoms with Crippen molar-refractivity contribution in [2.75, 3.05) is 0 Å². The van der Waals surface area contributed by atoms with Crippen molar-refractivity contribution in [1.29, 1.82) is 0 Å². The summed E-state index contributed by atoms with van der Waals surface area (Å²) in [4.78, 5) is 11.1. The van der Waals surface area contributed by atoms with Crippen LogP contribution in [-0.2, 0) is 13.1 Å². The quantitative estimate of drug-likeness (QED) is 0.157. The second-order valence-electron chi connectivity index (χ2n) is 10.1. The minimum absolute atomic E-state index is 0.482. The number of hydrogen-bond donors (Lipinski definition) is 2. The highest BCUT2D eigenvalue weighted by molar-refractivity contribution is 7.26. The van der Waals surface area contributed by atoms with Crippen LogP contribution in [0.2, 0.25) is 0 Å². The van der Waals surface area contributed by atoms with Gasteiger partial charge in [-0.25, -0.2) is 0 Å². The Morgan fingerprint density at radius 2 is 0.925 bits per heavy atom. The molecule has 1 fully saturated rings. The summed E-state index contributed by atoms with van der Waals surface area (Å²) in [5, 5.41) is 16.8. The van der Waals surface area contributed by atoms with Gasteiger partial charge in [0, 0.05) is 64.2 Å². The molecule has 0 spiro atoms. The van der Waals surface area contributed by atoms with Crippen molar-refractivity contribution in [3.63, 3.8) is 0 Å². The molecule has 6 heterocycles. The third-order valence-corrected chi connectivity index (χ3v) is 14.1. The summed E-state index contributed by atoms with van der Waals surface area (Å²) in [6.07, 6.45) is 5.07. The average Bonchev–Trinajstić information content (AvgIpc) is 3.83. The molecule has 2 atom stereocenters. The maximum absolute atomic E-state index is 4.01. The number of thiophene rings is 6. The highest BCUT2D eigenvalue weighted by Crippen LogP contribution is 2.43. The SMILES string of the molecule is c1csc(-c2cc(CN[C@@H]3CCCC[C@H]3NCc3cc(-c4cccs4)sc3-c3cccs3)c(-c3cccs3)s2)c1. The Morgan fingerprint density at radius 3 is 1.30 bits per heavy atom. The van der Waals surface area contributed by atoms with Crippen LogP contribution in [-0.4, -0.2) is 12.1 Å². The fourth-order valence-corrected chi connectivity index (χ4v) is 11.3. The lowest BCUT2D eigenvalue weighted by molar-refractivity contribution is 0.281. The van der Waals surface area contributed by atoms with Crippen LogP contribution in [0.25, 0.3) is 39.0 Å². The zero-order valence-corrected chi connectivity index (χ0v) is 26.8. The summed E-state index contributed by atoms with van der Waals surface area (Å²) in [5.74, 6) is 0. The van der Waals surface area contributed by atoms with Gasteiger partial charge in [0.2, 0.25) is 0 Å². The normalized spacial score (nSPS) is 17.5. The Labute approximate surface area is 260 Å². The fourth-order valence-electron chi connectivity index (χ4n) is 5.53. The summed E-state index contributed by atoms with van der Waals surface area (Å²) in [6, 6.07) is 23.5. The van der Waals surface area contributed by atoms with E-state index in [1.807, 2.05) is 68.0 Å². The average molecular weight is 635 g/mol. The molecule has 204 valence electrons. The van der Waals surface area contributed by atoms with Crippen molar-refractivity contribution in [3.8, 4) is 39.0 Å². The van der Waals surface area contributed by atoms with Gasteiger partial charge >= 0.3 is 0 Å². The second kappa shape index (κ2) is 12.5. The maximum Gasteiger partial charge on any atom is 0.0494 e. The Morgan fingerprint density at radius 1 is 0.525 bits per heavy atom. The Bertz CT molecular complexity index is 1480. The Hall–Kier alpha value is -1.88. The molecule has 2 N–H and O–H groups in total. The molecule has 6 aromatic heterocycles. The molecule has 0 aliphatic heterocycles. The highest BCUT2D eigenvalue weighted by atomic mass is 32.1. The van der Waals surface area contributed by atoms with Gasteiger partial charge in [0.15, 0.2) is 0 Å². The standard InChI is InChI=1S/C32H30N2S6/c1-2-8-24(34-20-22-18-30(26-10-4-14-36-26)40-32(22)28-12-6-16-38-28)23(7-1)33-19-21-17-29(25-9-3-13-35-25)39-31(21)27-11-5-15-37-27/h3-6,9-18,23-24,33-34H,1-2,7-8,19-20H2/t23-,24-/m1/s1. The minimum Gasteiger partial charge on any atom is -0.308 e. The van der Waals surface area contributed by atoms with Gasteiger partial charge in [-0.2, -0.15) is 0 Å². The molecule has 7 rings (SSSR count). The topological polar surface area (TPSA) is 24.1 Å². The third-order valence-electron chi connectivity index (χ3n) is 7.51. The molecule has 2 nitrogen and oxygen atoms in total. The summed E-state index contributed by atoms with van der Waals surface area (Å²) in [6.45, 7) is 1.83. The smallest absolute Gasteiger partial charge is 0.0494 e. The largest absolute Gasteiger partial charge is 0.308 e. The molecule has 0 aromatic carbocycles. The van der Waals surface area contributed by atoms with Gasteiger partial charge in [0.05, 0.1) is 0 Å². The molecule has 0 saturated heterocycles. The van der Waals surface area contributed by atoms with Crippen molar-refractivity contribution in [1.82, 2.24) is 10.6 Å². The lowest BCUT2D eigenvalue weighted by atomic mass is 9.90. The van der Waals surface area contributed by atoms with E-state index in [0.29, 0.717) is 12.1 Å². The van der Waals surface area contributed by atoms with E-state index in [4.69, 9.17) is 0 Å². The van der Waals surface area contributed by atoms with Crippen molar-refractivity contribution < 1.29 is 0 Å². The second-order valence-corrected chi connectivity index (χ2v) is 16.0. The molecule has 1 aliphatic carbocycles. The van der Waals surface area contributed by atoms with Gasteiger partial charge in [-0.15, -0.1) is 68.0 Å². The monoisotopic (exact) mass is 634 g/mol. The van der Waals surface area contributed by atoms with Crippen LogP contribution in [0.3, 0.4) is 0 Å². The van der Waals surface area contributed by atoms with E-state index >= 15 is 0 Å². The summed E-state index contributed by atoms with van der Waals surface area (Å²) < 4.78 is 0. The molecule has 8 heteroatoms. The van der Waals surface area contributed by atoms with Crippen molar-refractivity contribution in [3.05, 3.63) is 93.3 Å². The molecule has 6 aromatic rings. The van der Waals surface area contributed by atoms with Crippen LogP contribution in [0.1, 0.15) is 36.8 Å². The molecular weight excluding hydrogens is 605 g/mol. The molecule has 40 heavy (non-hydrogen) atoms. The Balaban J connectivity index is 1.08. The number of rotatable bonds is 10. The minimum atomic E-state index is 0.482. The van der Waals surface area contributed by atoms with E-state index in [-0.39, 0.29) is 0 Å². The van der Waals surface area contributed by atoms with Gasteiger partial charge in [-0.1, -0.05) is 37.1 Å². The maximum atomic E-state index is 4.01. The first-order valence-corrected chi connectivity index (χ1v) is 18.8. The molecule has 0 amide bonds. The first-order chi connectivity index (χ1) is 19.8. The summed E-state index contributed by atoms with van der Waals surface area (Å²) in [7, 11) is 0. The lowest BCUT2D eigenvalue weighted by Gasteiger charge is -2.33. The van der Waals surface area contributed by atoms with Crippen molar-refractivity contribution >= 4 is 68.0 Å². The van der Waals surface area contributed by atoms with Crippen LogP contribution in [0.5, 0.6) is 0 Å². The molecular formula is C32H30N2S6. The van der Waals surface area contributed by atoms with Crippen LogP contribution in [0.4, 0.5) is 0 Å². The van der Waals surface area contributed by atoms with Gasteiger partial charge in [-0.05, 0) is 81.9 Å². The molecule has 1 saturated carbocycles. The fraction of sp³-hybridized carbons (Fsp3) is 0.250. The van der Waals surface area contributed by atoms with E-state index in [0.717, 1.165) is 13.1 Å². The third kappa shape index (κ3) is 5.87. The van der Waals surface area contributed by atoms with Crippen molar-refractivity contribution in [2.45, 2.75) is 50.9 Å². The molecule has 0 unspecified atom stereocenters. The van der Waals surface area contributed by atoms with E-state index in [2.05, 4.69) is 92.8 Å². The lowest BCUT2D eigenvalue weighted by Crippen LogP contribution is -2.49. The zero-order chi connectivity index (χ0) is 26.7. The highest BCUT2D eigenvalue weighted by Gasteiger charge is 2.26. The van der Waals surface area contributed by atoms with Gasteiger partial charge in [-0.3, -0.25) is 0 Å². The van der Waals surface area contributed by atoms with E-state index in [9.17, 15) is 0 Å². The predicted octanol–water partition coefficient (Wildman–Crippen LogP) is 10.9. The van der Waals surface area contributed by atoms with E-state index < -0.39 is 0 Å². The zero-order valence-electron chi connectivity index (χ0n) is 21.9. The van der Waals surface area contributed by atoms with Crippen LogP contribution in [0, 0.1) is 0 Å². The summed E-state index contributed by atoms with van der Waals surface area (Å²) in [5.41, 5.74) is 2.86. The van der Waals surface area contributed by atoms with Crippen LogP contribution in [0.15, 0.2) is 82.2 Å². The molecule has 0 radical (unpaired) electrons. The number of nitrogens with one attached hydrogen (secondary N) is 2. The van der Waals surface area contributed by atoms with Crippen molar-refractivity contribution in [2.24, 2.45) is 0 Å². The van der Waals surface area contributed by atoms with Gasteiger partial charge in [0.1, 0.15) is 0 Å². The molecule has 1 aliphatic rings. The van der Waals surface area contributed by atoms with Gasteiger partial charge < -0.3 is 10.6 Å².